The number of ether oxygens (including phenoxy) is 1. The normalized spacial score (nSPS) is 11.5. The zero-order valence-corrected chi connectivity index (χ0v) is 12.5. The van der Waals surface area contributed by atoms with Gasteiger partial charge in [-0.15, -0.1) is 5.10 Å². The molecule has 3 heterocycles. The van der Waals surface area contributed by atoms with Gasteiger partial charge in [-0.2, -0.15) is 24.5 Å². The standard InChI is InChI=1S/C13H17N7O/c1-8(2)11-5-12(20-13(16-11)15-9(3)17-20)21-7-10-6-14-19(4)18-10/h5-6,8H,7H2,1-4H3. The number of hydrogen-bond donors (Lipinski definition) is 0. The highest BCUT2D eigenvalue weighted by Gasteiger charge is 2.13. The lowest BCUT2D eigenvalue weighted by Crippen LogP contribution is -2.06. The Balaban J connectivity index is 1.95. The molecule has 0 amide bonds. The maximum atomic E-state index is 5.83. The monoisotopic (exact) mass is 287 g/mol. The molecule has 3 rings (SSSR count). The molecular weight excluding hydrogens is 270 g/mol. The molecule has 8 nitrogen and oxygen atoms in total. The Morgan fingerprint density at radius 3 is 2.71 bits per heavy atom. The minimum Gasteiger partial charge on any atom is -0.471 e. The van der Waals surface area contributed by atoms with Crippen molar-refractivity contribution in [3.63, 3.8) is 0 Å². The largest absolute Gasteiger partial charge is 0.471 e. The summed E-state index contributed by atoms with van der Waals surface area (Å²) in [7, 11) is 1.77. The second kappa shape index (κ2) is 5.12. The summed E-state index contributed by atoms with van der Waals surface area (Å²) >= 11 is 0. The summed E-state index contributed by atoms with van der Waals surface area (Å²) in [6, 6.07) is 1.89. The van der Waals surface area contributed by atoms with Crippen LogP contribution in [0.4, 0.5) is 0 Å². The SMILES string of the molecule is Cc1nc2nc(C(C)C)cc(OCc3cnn(C)n3)n2n1. The fourth-order valence-corrected chi connectivity index (χ4v) is 1.96. The van der Waals surface area contributed by atoms with Crippen molar-refractivity contribution in [2.24, 2.45) is 7.05 Å². The number of nitrogens with zero attached hydrogens (tertiary/aromatic N) is 7. The first-order chi connectivity index (χ1) is 10.0. The first kappa shape index (κ1) is 13.5. The van der Waals surface area contributed by atoms with Gasteiger partial charge in [0.05, 0.1) is 11.9 Å². The van der Waals surface area contributed by atoms with Crippen LogP contribution in [0.3, 0.4) is 0 Å². The molecule has 0 fully saturated rings. The van der Waals surface area contributed by atoms with E-state index in [4.69, 9.17) is 4.74 Å². The first-order valence-electron chi connectivity index (χ1n) is 6.75. The molecule has 3 aromatic rings. The number of aryl methyl sites for hydroxylation is 2. The summed E-state index contributed by atoms with van der Waals surface area (Å²) in [5.74, 6) is 2.10. The van der Waals surface area contributed by atoms with Gasteiger partial charge in [0.2, 0.25) is 5.88 Å². The molecule has 0 saturated carbocycles. The van der Waals surface area contributed by atoms with E-state index < -0.39 is 0 Å². The van der Waals surface area contributed by atoms with E-state index >= 15 is 0 Å². The van der Waals surface area contributed by atoms with Gasteiger partial charge in [-0.1, -0.05) is 13.8 Å². The predicted octanol–water partition coefficient (Wildman–Crippen LogP) is 1.26. The van der Waals surface area contributed by atoms with Crippen molar-refractivity contribution < 1.29 is 4.74 Å². The summed E-state index contributed by atoms with van der Waals surface area (Å²) < 4.78 is 7.44. The molecule has 21 heavy (non-hydrogen) atoms. The number of rotatable bonds is 4. The molecule has 0 radical (unpaired) electrons. The molecule has 8 heteroatoms. The smallest absolute Gasteiger partial charge is 0.255 e. The zero-order chi connectivity index (χ0) is 15.0. The predicted molar refractivity (Wildman–Crippen MR) is 74.9 cm³/mol. The van der Waals surface area contributed by atoms with E-state index in [2.05, 4.69) is 39.1 Å². The van der Waals surface area contributed by atoms with Crippen LogP contribution in [-0.2, 0) is 13.7 Å². The second-order valence-electron chi connectivity index (χ2n) is 5.16. The average molecular weight is 287 g/mol. The fourth-order valence-electron chi connectivity index (χ4n) is 1.96. The Morgan fingerprint density at radius 2 is 2.05 bits per heavy atom. The summed E-state index contributed by atoms with van der Waals surface area (Å²) in [6.45, 7) is 6.31. The Kier molecular flexibility index (Phi) is 3.28. The molecule has 0 saturated heterocycles. The third-order valence-corrected chi connectivity index (χ3v) is 3.01. The van der Waals surface area contributed by atoms with E-state index in [-0.39, 0.29) is 5.92 Å². The van der Waals surface area contributed by atoms with Crippen LogP contribution in [0.15, 0.2) is 12.3 Å². The van der Waals surface area contributed by atoms with Crippen LogP contribution >= 0.6 is 0 Å². The Bertz CT molecular complexity index is 774. The van der Waals surface area contributed by atoms with E-state index in [0.29, 0.717) is 24.1 Å². The molecular formula is C13H17N7O. The van der Waals surface area contributed by atoms with Crippen LogP contribution in [0.5, 0.6) is 5.88 Å². The van der Waals surface area contributed by atoms with Crippen molar-refractivity contribution in [3.05, 3.63) is 29.5 Å². The highest BCUT2D eigenvalue weighted by atomic mass is 16.5. The van der Waals surface area contributed by atoms with Gasteiger partial charge in [-0.05, 0) is 12.8 Å². The van der Waals surface area contributed by atoms with Crippen LogP contribution in [0.2, 0.25) is 0 Å². The van der Waals surface area contributed by atoms with Gasteiger partial charge in [0, 0.05) is 13.1 Å². The number of hydrogen-bond acceptors (Lipinski definition) is 6. The third kappa shape index (κ3) is 2.69. The van der Waals surface area contributed by atoms with E-state index in [1.165, 1.54) is 4.80 Å². The summed E-state index contributed by atoms with van der Waals surface area (Å²) in [5, 5.41) is 12.5. The Labute approximate surface area is 121 Å². The van der Waals surface area contributed by atoms with Crippen LogP contribution in [0.1, 0.15) is 37.0 Å². The van der Waals surface area contributed by atoms with Crippen molar-refractivity contribution in [2.45, 2.75) is 33.3 Å². The van der Waals surface area contributed by atoms with Gasteiger partial charge < -0.3 is 4.74 Å². The quantitative estimate of drug-likeness (QED) is 0.718. The van der Waals surface area contributed by atoms with Gasteiger partial charge in [0.25, 0.3) is 5.78 Å². The topological polar surface area (TPSA) is 83.0 Å². The number of fused-ring (bicyclic) bond motifs is 1. The van der Waals surface area contributed by atoms with Gasteiger partial charge in [-0.3, -0.25) is 0 Å². The molecule has 110 valence electrons. The third-order valence-electron chi connectivity index (χ3n) is 3.01. The minimum atomic E-state index is 0.283. The van der Waals surface area contributed by atoms with Gasteiger partial charge in [-0.25, -0.2) is 4.98 Å². The van der Waals surface area contributed by atoms with Crippen molar-refractivity contribution >= 4 is 5.78 Å². The lowest BCUT2D eigenvalue weighted by molar-refractivity contribution is 0.279. The zero-order valence-electron chi connectivity index (χ0n) is 12.5. The van der Waals surface area contributed by atoms with Crippen LogP contribution in [0, 0.1) is 6.92 Å². The molecule has 0 N–H and O–H groups in total. The molecule has 0 aliphatic heterocycles. The maximum absolute atomic E-state index is 5.83. The molecule has 0 aromatic carbocycles. The summed E-state index contributed by atoms with van der Waals surface area (Å²) in [4.78, 5) is 10.3. The van der Waals surface area contributed by atoms with Crippen molar-refractivity contribution in [1.29, 1.82) is 0 Å². The molecule has 0 atom stereocenters. The lowest BCUT2D eigenvalue weighted by atomic mass is 10.1. The van der Waals surface area contributed by atoms with Crippen LogP contribution < -0.4 is 4.74 Å². The van der Waals surface area contributed by atoms with Gasteiger partial charge >= 0.3 is 0 Å². The van der Waals surface area contributed by atoms with Gasteiger partial charge in [0.15, 0.2) is 0 Å². The van der Waals surface area contributed by atoms with Crippen LogP contribution in [-0.4, -0.2) is 34.6 Å². The van der Waals surface area contributed by atoms with E-state index in [0.717, 1.165) is 11.4 Å². The molecule has 0 aliphatic carbocycles. The first-order valence-corrected chi connectivity index (χ1v) is 6.75. The molecule has 3 aromatic heterocycles. The Morgan fingerprint density at radius 1 is 1.24 bits per heavy atom. The molecule has 0 bridgehead atoms. The highest BCUT2D eigenvalue weighted by Crippen LogP contribution is 2.20. The van der Waals surface area contributed by atoms with Crippen LogP contribution in [0.25, 0.3) is 5.78 Å². The highest BCUT2D eigenvalue weighted by molar-refractivity contribution is 5.35. The van der Waals surface area contributed by atoms with E-state index in [1.54, 1.807) is 17.8 Å². The minimum absolute atomic E-state index is 0.283. The Hall–Kier alpha value is -2.51. The van der Waals surface area contributed by atoms with Gasteiger partial charge in [0.1, 0.15) is 18.1 Å². The summed E-state index contributed by atoms with van der Waals surface area (Å²) in [6.07, 6.45) is 1.67. The molecule has 0 unspecified atom stereocenters. The van der Waals surface area contributed by atoms with Crippen molar-refractivity contribution in [3.8, 4) is 5.88 Å². The van der Waals surface area contributed by atoms with Crippen molar-refractivity contribution in [1.82, 2.24) is 34.6 Å². The molecule has 0 aliphatic rings. The van der Waals surface area contributed by atoms with E-state index in [1.807, 2.05) is 13.0 Å². The number of aromatic nitrogens is 7. The fraction of sp³-hybridized carbons (Fsp3) is 0.462. The lowest BCUT2D eigenvalue weighted by Gasteiger charge is -2.09. The second-order valence-corrected chi connectivity index (χ2v) is 5.16. The van der Waals surface area contributed by atoms with Crippen molar-refractivity contribution in [2.75, 3.05) is 0 Å². The average Bonchev–Trinajstić information content (AvgIpc) is 3.00. The van der Waals surface area contributed by atoms with E-state index in [9.17, 15) is 0 Å². The summed E-state index contributed by atoms with van der Waals surface area (Å²) in [5.41, 5.74) is 1.68. The molecule has 0 spiro atoms. The maximum Gasteiger partial charge on any atom is 0.255 e.